The lowest BCUT2D eigenvalue weighted by atomic mass is 10.1. The number of hydrogen-bond acceptors (Lipinski definition) is 5. The molecule has 0 saturated carbocycles. The van der Waals surface area contributed by atoms with E-state index in [2.05, 4.69) is 11.1 Å². The van der Waals surface area contributed by atoms with Crippen LogP contribution < -0.4 is 9.47 Å². The SMILES string of the molecule is COc1ccc(-c2ccc(C#N)c(SCc3cccc(F)c3)n2)cc1OC. The highest BCUT2D eigenvalue weighted by molar-refractivity contribution is 7.98. The fourth-order valence-electron chi connectivity index (χ4n) is 2.57. The molecule has 3 aromatic rings. The quantitative estimate of drug-likeness (QED) is 0.559. The molecule has 0 bridgehead atoms. The van der Waals surface area contributed by atoms with Crippen molar-refractivity contribution in [2.24, 2.45) is 0 Å². The predicted octanol–water partition coefficient (Wildman–Crippen LogP) is 5.07. The molecule has 27 heavy (non-hydrogen) atoms. The summed E-state index contributed by atoms with van der Waals surface area (Å²) < 4.78 is 24.0. The third kappa shape index (κ3) is 4.39. The van der Waals surface area contributed by atoms with Crippen LogP contribution in [0.1, 0.15) is 11.1 Å². The van der Waals surface area contributed by atoms with Gasteiger partial charge in [-0.3, -0.25) is 0 Å². The summed E-state index contributed by atoms with van der Waals surface area (Å²) in [6.07, 6.45) is 0. The Kier molecular flexibility index (Phi) is 5.94. The maximum absolute atomic E-state index is 13.4. The molecule has 0 amide bonds. The van der Waals surface area contributed by atoms with Crippen molar-refractivity contribution in [2.75, 3.05) is 14.2 Å². The Labute approximate surface area is 161 Å². The van der Waals surface area contributed by atoms with E-state index in [-0.39, 0.29) is 5.82 Å². The van der Waals surface area contributed by atoms with Crippen LogP contribution in [0.5, 0.6) is 11.5 Å². The number of rotatable bonds is 6. The van der Waals surface area contributed by atoms with E-state index in [9.17, 15) is 9.65 Å². The Morgan fingerprint density at radius 2 is 1.85 bits per heavy atom. The predicted molar refractivity (Wildman–Crippen MR) is 103 cm³/mol. The van der Waals surface area contributed by atoms with Gasteiger partial charge in [-0.05, 0) is 48.0 Å². The maximum Gasteiger partial charge on any atom is 0.161 e. The molecule has 0 aliphatic carbocycles. The smallest absolute Gasteiger partial charge is 0.161 e. The van der Waals surface area contributed by atoms with Crippen molar-refractivity contribution in [3.05, 3.63) is 71.5 Å². The van der Waals surface area contributed by atoms with Crippen molar-refractivity contribution in [1.82, 2.24) is 4.98 Å². The number of thioether (sulfide) groups is 1. The molecular formula is C21H17FN2O2S. The van der Waals surface area contributed by atoms with Gasteiger partial charge in [0, 0.05) is 11.3 Å². The van der Waals surface area contributed by atoms with Gasteiger partial charge >= 0.3 is 0 Å². The average molecular weight is 380 g/mol. The molecule has 0 unspecified atom stereocenters. The number of aromatic nitrogens is 1. The first-order valence-corrected chi connectivity index (χ1v) is 9.14. The second-order valence-corrected chi connectivity index (χ2v) is 6.61. The Balaban J connectivity index is 1.90. The molecule has 0 radical (unpaired) electrons. The van der Waals surface area contributed by atoms with E-state index < -0.39 is 0 Å². The average Bonchev–Trinajstić information content (AvgIpc) is 2.71. The van der Waals surface area contributed by atoms with E-state index in [4.69, 9.17) is 9.47 Å². The number of nitriles is 1. The molecule has 0 spiro atoms. The number of nitrogens with zero attached hydrogens (tertiary/aromatic N) is 2. The third-order valence-corrected chi connectivity index (χ3v) is 4.99. The van der Waals surface area contributed by atoms with Crippen LogP contribution in [0.25, 0.3) is 11.3 Å². The van der Waals surface area contributed by atoms with Gasteiger partial charge in [0.05, 0.1) is 25.5 Å². The van der Waals surface area contributed by atoms with Crippen molar-refractivity contribution in [1.29, 1.82) is 5.26 Å². The summed E-state index contributed by atoms with van der Waals surface area (Å²) >= 11 is 1.40. The van der Waals surface area contributed by atoms with Crippen LogP contribution in [0.4, 0.5) is 4.39 Å². The summed E-state index contributed by atoms with van der Waals surface area (Å²) in [4.78, 5) is 4.63. The second-order valence-electron chi connectivity index (χ2n) is 5.65. The van der Waals surface area contributed by atoms with Gasteiger partial charge in [0.2, 0.25) is 0 Å². The zero-order valence-electron chi connectivity index (χ0n) is 14.9. The number of benzene rings is 2. The molecule has 6 heteroatoms. The first-order valence-electron chi connectivity index (χ1n) is 8.15. The molecule has 0 aliphatic rings. The fraction of sp³-hybridized carbons (Fsp3) is 0.143. The molecule has 0 atom stereocenters. The van der Waals surface area contributed by atoms with Gasteiger partial charge in [-0.2, -0.15) is 5.26 Å². The summed E-state index contributed by atoms with van der Waals surface area (Å²) in [5.74, 6) is 1.49. The van der Waals surface area contributed by atoms with E-state index in [1.54, 1.807) is 32.4 Å². The molecule has 0 saturated heterocycles. The normalized spacial score (nSPS) is 10.3. The monoisotopic (exact) mass is 380 g/mol. The number of hydrogen-bond donors (Lipinski definition) is 0. The largest absolute Gasteiger partial charge is 0.493 e. The topological polar surface area (TPSA) is 55.1 Å². The van der Waals surface area contributed by atoms with Gasteiger partial charge in [0.15, 0.2) is 11.5 Å². The van der Waals surface area contributed by atoms with Crippen LogP contribution in [0.15, 0.2) is 59.6 Å². The first-order chi connectivity index (χ1) is 13.1. The van der Waals surface area contributed by atoms with Crippen molar-refractivity contribution in [2.45, 2.75) is 10.8 Å². The number of pyridine rings is 1. The maximum atomic E-state index is 13.4. The standard InChI is InChI=1S/C21H17FN2O2S/c1-25-19-9-7-15(11-20(19)26-2)18-8-6-16(12-23)21(24-18)27-13-14-4-3-5-17(22)10-14/h3-11H,13H2,1-2H3. The summed E-state index contributed by atoms with van der Waals surface area (Å²) in [7, 11) is 3.16. The summed E-state index contributed by atoms with van der Waals surface area (Å²) in [6, 6.07) is 17.7. The summed E-state index contributed by atoms with van der Waals surface area (Å²) in [5, 5.41) is 9.98. The molecular weight excluding hydrogens is 363 g/mol. The molecule has 4 nitrogen and oxygen atoms in total. The molecule has 1 aromatic heterocycles. The van der Waals surface area contributed by atoms with E-state index >= 15 is 0 Å². The van der Waals surface area contributed by atoms with Crippen LogP contribution in [-0.2, 0) is 5.75 Å². The molecule has 136 valence electrons. The molecule has 0 N–H and O–H groups in total. The highest BCUT2D eigenvalue weighted by atomic mass is 32.2. The minimum Gasteiger partial charge on any atom is -0.493 e. The van der Waals surface area contributed by atoms with E-state index in [0.29, 0.717) is 27.8 Å². The van der Waals surface area contributed by atoms with Crippen LogP contribution >= 0.6 is 11.8 Å². The minimum atomic E-state index is -0.277. The lowest BCUT2D eigenvalue weighted by Crippen LogP contribution is -1.94. The minimum absolute atomic E-state index is 0.277. The van der Waals surface area contributed by atoms with Gasteiger partial charge in [0.1, 0.15) is 16.9 Å². The number of halogens is 1. The van der Waals surface area contributed by atoms with Crippen molar-refractivity contribution >= 4 is 11.8 Å². The van der Waals surface area contributed by atoms with Crippen molar-refractivity contribution < 1.29 is 13.9 Å². The molecule has 3 rings (SSSR count). The van der Waals surface area contributed by atoms with Gasteiger partial charge in [-0.15, -0.1) is 11.8 Å². The van der Waals surface area contributed by atoms with E-state index in [0.717, 1.165) is 16.8 Å². The van der Waals surface area contributed by atoms with Gasteiger partial charge in [0.25, 0.3) is 0 Å². The Morgan fingerprint density at radius 3 is 2.56 bits per heavy atom. The zero-order chi connectivity index (χ0) is 19.2. The highest BCUT2D eigenvalue weighted by Gasteiger charge is 2.11. The van der Waals surface area contributed by atoms with E-state index in [1.807, 2.05) is 24.3 Å². The molecule has 2 aromatic carbocycles. The third-order valence-electron chi connectivity index (χ3n) is 3.92. The van der Waals surface area contributed by atoms with E-state index in [1.165, 1.54) is 23.9 Å². The van der Waals surface area contributed by atoms with Crippen molar-refractivity contribution in [3.8, 4) is 28.8 Å². The first kappa shape index (κ1) is 18.7. The second kappa shape index (κ2) is 8.56. The highest BCUT2D eigenvalue weighted by Crippen LogP contribution is 2.33. The number of ether oxygens (including phenoxy) is 2. The molecule has 1 heterocycles. The van der Waals surface area contributed by atoms with Crippen molar-refractivity contribution in [3.63, 3.8) is 0 Å². The van der Waals surface area contributed by atoms with Gasteiger partial charge < -0.3 is 9.47 Å². The Hall–Kier alpha value is -3.04. The van der Waals surface area contributed by atoms with Crippen LogP contribution in [0, 0.1) is 17.1 Å². The zero-order valence-corrected chi connectivity index (χ0v) is 15.7. The summed E-state index contributed by atoms with van der Waals surface area (Å²) in [6.45, 7) is 0. The summed E-state index contributed by atoms with van der Waals surface area (Å²) in [5.41, 5.74) is 2.89. The van der Waals surface area contributed by atoms with Gasteiger partial charge in [-0.25, -0.2) is 9.37 Å². The number of methoxy groups -OCH3 is 2. The van der Waals surface area contributed by atoms with Crippen LogP contribution in [0.3, 0.4) is 0 Å². The lowest BCUT2D eigenvalue weighted by molar-refractivity contribution is 0.355. The van der Waals surface area contributed by atoms with Crippen LogP contribution in [0.2, 0.25) is 0 Å². The fourth-order valence-corrected chi connectivity index (χ4v) is 3.49. The lowest BCUT2D eigenvalue weighted by Gasteiger charge is -2.11. The molecule has 0 fully saturated rings. The molecule has 0 aliphatic heterocycles. The Morgan fingerprint density at radius 1 is 1.04 bits per heavy atom. The van der Waals surface area contributed by atoms with Crippen LogP contribution in [-0.4, -0.2) is 19.2 Å². The van der Waals surface area contributed by atoms with Gasteiger partial charge in [-0.1, -0.05) is 12.1 Å². The Bertz CT molecular complexity index is 1000.